The Kier molecular flexibility index (Phi) is 17.8. The minimum absolute atomic E-state index is 0.120. The Labute approximate surface area is 400 Å². The Morgan fingerprint density at radius 1 is 0.294 bits per heavy atom. The van der Waals surface area contributed by atoms with Gasteiger partial charge in [0.2, 0.25) is 0 Å². The Morgan fingerprint density at radius 3 is 1.22 bits per heavy atom. The van der Waals surface area contributed by atoms with Crippen LogP contribution in [0.1, 0.15) is 55.6 Å². The molecule has 0 aliphatic carbocycles. The average Bonchev–Trinajstić information content (AvgIpc) is 3.19. The van der Waals surface area contributed by atoms with Crippen molar-refractivity contribution in [1.29, 1.82) is 0 Å². The summed E-state index contributed by atoms with van der Waals surface area (Å²) in [5.74, 6) is 0. The molecule has 16 heteroatoms. The number of benzene rings is 8. The zero-order valence-corrected chi connectivity index (χ0v) is 42.5. The lowest BCUT2D eigenvalue weighted by molar-refractivity contribution is 0.461. The number of hydrogen-bond donors (Lipinski definition) is 0. The molecule has 0 aliphatic rings. The summed E-state index contributed by atoms with van der Waals surface area (Å²) in [4.78, 5) is -0.623. The smallest absolute Gasteiger partial charge is 0.125 e. The van der Waals surface area contributed by atoms with Gasteiger partial charge in [0.15, 0.2) is 0 Å². The van der Waals surface area contributed by atoms with Gasteiger partial charge in [0, 0.05) is 5.39 Å². The van der Waals surface area contributed by atoms with E-state index in [0.717, 1.165) is 60.5 Å². The van der Waals surface area contributed by atoms with E-state index in [-0.39, 0.29) is 19.6 Å². The molecule has 0 bridgehead atoms. The number of aryl methyl sites for hydroxylation is 10. The second-order valence-corrected chi connectivity index (χ2v) is 22.1. The summed E-state index contributed by atoms with van der Waals surface area (Å²) >= 11 is 0. The lowest BCUT2D eigenvalue weighted by Crippen LogP contribution is -2.01. The molecular formula is C52H52O12S4-4. The highest BCUT2D eigenvalue weighted by molar-refractivity contribution is 7.86. The van der Waals surface area contributed by atoms with Crippen LogP contribution in [-0.2, 0) is 40.5 Å². The molecule has 8 rings (SSSR count). The fraction of sp³-hybridized carbons (Fsp3) is 0.192. The van der Waals surface area contributed by atoms with E-state index in [0.29, 0.717) is 10.8 Å². The molecule has 0 aromatic heterocycles. The first-order chi connectivity index (χ1) is 31.3. The first-order valence-corrected chi connectivity index (χ1v) is 26.4. The van der Waals surface area contributed by atoms with Crippen LogP contribution in [0.15, 0.2) is 153 Å². The molecule has 12 nitrogen and oxygen atoms in total. The molecule has 0 fully saturated rings. The molecule has 68 heavy (non-hydrogen) atoms. The standard InChI is InChI=1S/C13H14O3S.C12H12O3S.C11H10O3S.C9H12.C7H8O3S/c1-8-4-10(3)13-11(5-8)6-9(2)7-12(13)17(14,15)16;1-8-5-9(2)12-4-3-11(16(13,14)15)7-10(12)6-8;1-8-4-2-6-10-9(8)5-3-7-11(10)15(12,13)14;1-7-4-8(2)6-9(3)5-7;1-6-2-4-7(5-3-6)11(8,9)10/h4-7H,1-3H3,(H,14,15,16);3-7H,1-2H3,(H,13,14,15);2-7H,1H3,(H,12,13,14);4-6H,1-3H3;2-5H,1H3,(H,8,9,10)/p-4. The summed E-state index contributed by atoms with van der Waals surface area (Å²) < 4.78 is 131. The van der Waals surface area contributed by atoms with Crippen molar-refractivity contribution in [2.24, 2.45) is 0 Å². The minimum atomic E-state index is -4.44. The van der Waals surface area contributed by atoms with Gasteiger partial charge < -0.3 is 18.2 Å². The topological polar surface area (TPSA) is 229 Å². The highest BCUT2D eigenvalue weighted by atomic mass is 32.2. The van der Waals surface area contributed by atoms with Gasteiger partial charge in [0.1, 0.15) is 40.5 Å². The zero-order valence-electron chi connectivity index (χ0n) is 39.2. The molecule has 8 aromatic carbocycles. The van der Waals surface area contributed by atoms with Crippen molar-refractivity contribution in [2.45, 2.75) is 88.8 Å². The Morgan fingerprint density at radius 2 is 0.721 bits per heavy atom. The van der Waals surface area contributed by atoms with E-state index in [9.17, 15) is 51.9 Å². The van der Waals surface area contributed by atoms with Crippen LogP contribution >= 0.6 is 0 Å². The molecule has 0 saturated carbocycles. The van der Waals surface area contributed by atoms with E-state index in [4.69, 9.17) is 0 Å². The van der Waals surface area contributed by atoms with Crippen LogP contribution in [0.3, 0.4) is 0 Å². The zero-order chi connectivity index (χ0) is 51.1. The highest BCUT2D eigenvalue weighted by Crippen LogP contribution is 2.29. The maximum Gasteiger partial charge on any atom is 0.125 e. The Balaban J connectivity index is 0.000000188. The maximum atomic E-state index is 11.3. The first kappa shape index (κ1) is 54.8. The first-order valence-electron chi connectivity index (χ1n) is 20.8. The summed E-state index contributed by atoms with van der Waals surface area (Å²) in [7, 11) is -17.5. The van der Waals surface area contributed by atoms with Gasteiger partial charge in [-0.15, -0.1) is 0 Å². The molecule has 360 valence electrons. The summed E-state index contributed by atoms with van der Waals surface area (Å²) in [6.45, 7) is 19.5. The van der Waals surface area contributed by atoms with Crippen LogP contribution in [0.5, 0.6) is 0 Å². The number of fused-ring (bicyclic) bond motifs is 3. The number of rotatable bonds is 4. The van der Waals surface area contributed by atoms with Gasteiger partial charge in [-0.05, 0) is 155 Å². The van der Waals surface area contributed by atoms with Crippen LogP contribution in [0.2, 0.25) is 0 Å². The third-order valence-corrected chi connectivity index (χ3v) is 13.8. The quantitative estimate of drug-likeness (QED) is 0.150. The molecule has 0 N–H and O–H groups in total. The molecule has 0 spiro atoms. The van der Waals surface area contributed by atoms with Crippen LogP contribution in [-0.4, -0.2) is 51.9 Å². The summed E-state index contributed by atoms with van der Waals surface area (Å²) in [5, 5.41) is 4.39. The van der Waals surface area contributed by atoms with Crippen molar-refractivity contribution < 1.29 is 51.9 Å². The fourth-order valence-electron chi connectivity index (χ4n) is 7.66. The predicted octanol–water partition coefficient (Wildman–Crippen LogP) is 10.6. The van der Waals surface area contributed by atoms with Gasteiger partial charge >= 0.3 is 0 Å². The third-order valence-electron chi connectivity index (χ3n) is 10.4. The van der Waals surface area contributed by atoms with Crippen LogP contribution in [0, 0.1) is 69.2 Å². The molecule has 0 saturated heterocycles. The van der Waals surface area contributed by atoms with E-state index < -0.39 is 40.5 Å². The molecule has 0 aliphatic heterocycles. The van der Waals surface area contributed by atoms with E-state index in [2.05, 4.69) is 39.0 Å². The van der Waals surface area contributed by atoms with Gasteiger partial charge in [-0.3, -0.25) is 0 Å². The van der Waals surface area contributed by atoms with Gasteiger partial charge in [-0.25, -0.2) is 33.7 Å². The van der Waals surface area contributed by atoms with Crippen molar-refractivity contribution >= 4 is 72.8 Å². The monoisotopic (exact) mass is 996 g/mol. The van der Waals surface area contributed by atoms with Crippen molar-refractivity contribution in [3.05, 3.63) is 189 Å². The maximum absolute atomic E-state index is 11.3. The Hall–Kier alpha value is -5.82. The molecule has 0 atom stereocenters. The molecule has 0 heterocycles. The van der Waals surface area contributed by atoms with Crippen molar-refractivity contribution in [1.82, 2.24) is 0 Å². The summed E-state index contributed by atoms with van der Waals surface area (Å²) in [6.07, 6.45) is 0. The normalized spacial score (nSPS) is 11.6. The van der Waals surface area contributed by atoms with E-state index >= 15 is 0 Å². The molecular weight excluding hydrogens is 945 g/mol. The second-order valence-electron chi connectivity index (χ2n) is 16.6. The number of hydrogen-bond acceptors (Lipinski definition) is 12. The van der Waals surface area contributed by atoms with Crippen molar-refractivity contribution in [3.63, 3.8) is 0 Å². The van der Waals surface area contributed by atoms with Crippen LogP contribution in [0.4, 0.5) is 0 Å². The summed E-state index contributed by atoms with van der Waals surface area (Å²) in [5.41, 5.74) is 10.7. The predicted molar refractivity (Wildman–Crippen MR) is 264 cm³/mol. The highest BCUT2D eigenvalue weighted by Gasteiger charge is 2.12. The van der Waals surface area contributed by atoms with Crippen molar-refractivity contribution in [3.8, 4) is 0 Å². The van der Waals surface area contributed by atoms with E-state index in [1.54, 1.807) is 49.4 Å². The van der Waals surface area contributed by atoms with Gasteiger partial charge in [0.05, 0.1) is 19.6 Å². The average molecular weight is 997 g/mol. The van der Waals surface area contributed by atoms with Gasteiger partial charge in [-0.2, -0.15) is 0 Å². The Bertz CT molecular complexity index is 3550. The summed E-state index contributed by atoms with van der Waals surface area (Å²) in [6, 6.07) is 37.8. The van der Waals surface area contributed by atoms with Crippen LogP contribution in [0.25, 0.3) is 32.3 Å². The SMILES string of the molecule is Cc1cc(C)c2c(S(=O)(=O)[O-])cc(C)cc2c1.Cc1cc(C)c2ccc(S(=O)(=O)[O-])cc2c1.Cc1cc(C)cc(C)c1.Cc1ccc(S(=O)(=O)[O-])cc1.Cc1cccc2c(S(=O)(=O)[O-])cccc12. The second kappa shape index (κ2) is 22.1. The van der Waals surface area contributed by atoms with Crippen molar-refractivity contribution in [2.75, 3.05) is 0 Å². The molecule has 0 unspecified atom stereocenters. The fourth-order valence-corrected chi connectivity index (χ4v) is 10.2. The third kappa shape index (κ3) is 15.3. The molecule has 0 radical (unpaired) electrons. The largest absolute Gasteiger partial charge is 0.744 e. The van der Waals surface area contributed by atoms with Crippen LogP contribution < -0.4 is 0 Å². The van der Waals surface area contributed by atoms with E-state index in [1.807, 2.05) is 77.9 Å². The van der Waals surface area contributed by atoms with E-state index in [1.165, 1.54) is 53.1 Å². The minimum Gasteiger partial charge on any atom is -0.744 e. The molecule has 8 aromatic rings. The van der Waals surface area contributed by atoms with Gasteiger partial charge in [-0.1, -0.05) is 130 Å². The van der Waals surface area contributed by atoms with Gasteiger partial charge in [0.25, 0.3) is 0 Å². The molecule has 0 amide bonds. The lowest BCUT2D eigenvalue weighted by Gasteiger charge is -2.14. The lowest BCUT2D eigenvalue weighted by atomic mass is 10.0.